The van der Waals surface area contributed by atoms with E-state index in [0.29, 0.717) is 59.9 Å². The molecule has 7 rings (SSSR count). The van der Waals surface area contributed by atoms with E-state index < -0.39 is 80.0 Å². The maximum atomic E-state index is 15.3. The van der Waals surface area contributed by atoms with Gasteiger partial charge in [0.25, 0.3) is 5.91 Å². The van der Waals surface area contributed by atoms with E-state index in [1.54, 1.807) is 32.0 Å². The molecule has 2 aliphatic heterocycles. The number of nitrogens with zero attached hydrogens (tertiary/aromatic N) is 2. The van der Waals surface area contributed by atoms with Crippen molar-refractivity contribution in [2.75, 3.05) is 13.7 Å². The lowest BCUT2D eigenvalue weighted by molar-refractivity contribution is -0.142. The molecule has 0 spiro atoms. The molecule has 0 unspecified atom stereocenters. The molecule has 3 aromatic rings. The molecule has 2 aliphatic carbocycles. The van der Waals surface area contributed by atoms with Crippen LogP contribution in [0.4, 0.5) is 9.18 Å². The Hall–Kier alpha value is -5.45. The van der Waals surface area contributed by atoms with Crippen molar-refractivity contribution >= 4 is 44.6 Å². The number of hydrogen-bond acceptors (Lipinski definition) is 10. The lowest BCUT2D eigenvalue weighted by Gasteiger charge is -2.32. The first-order valence-corrected chi connectivity index (χ1v) is 22.3. The number of allylic oxidation sites excluding steroid dienone is 1. The van der Waals surface area contributed by atoms with Gasteiger partial charge in [-0.1, -0.05) is 26.0 Å². The van der Waals surface area contributed by atoms with Crippen LogP contribution in [0, 0.1) is 23.6 Å². The fourth-order valence-electron chi connectivity index (χ4n) is 8.48. The van der Waals surface area contributed by atoms with Gasteiger partial charge in [-0.3, -0.25) is 19.1 Å². The minimum Gasteiger partial charge on any atom is -0.494 e. The number of fused-ring (bicyclic) bond motifs is 3. The summed E-state index contributed by atoms with van der Waals surface area (Å²) in [5, 5.41) is 16.0. The van der Waals surface area contributed by atoms with Gasteiger partial charge in [0.2, 0.25) is 27.7 Å². The van der Waals surface area contributed by atoms with Crippen LogP contribution in [0.2, 0.25) is 0 Å². The zero-order valence-electron chi connectivity index (χ0n) is 35.2. The number of benzene rings is 2. The zero-order valence-corrected chi connectivity index (χ0v) is 36.0. The third-order valence-corrected chi connectivity index (χ3v) is 14.6. The lowest BCUT2D eigenvalue weighted by Crippen LogP contribution is -2.59. The summed E-state index contributed by atoms with van der Waals surface area (Å²) in [6.07, 6.45) is 3.96. The van der Waals surface area contributed by atoms with Gasteiger partial charge in [0.05, 0.1) is 30.2 Å². The van der Waals surface area contributed by atoms with Crippen LogP contribution < -0.4 is 29.6 Å². The molecule has 4 N–H and O–H groups in total. The molecule has 61 heavy (non-hydrogen) atoms. The van der Waals surface area contributed by atoms with E-state index in [1.165, 1.54) is 24.1 Å². The average Bonchev–Trinajstić information content (AvgIpc) is 4.08. The summed E-state index contributed by atoms with van der Waals surface area (Å²) in [4.78, 5) is 61.4. The number of methoxy groups -OCH3 is 1. The topological polar surface area (TPSA) is 203 Å². The predicted molar refractivity (Wildman–Crippen MR) is 224 cm³/mol. The number of hydrogen-bond donors (Lipinski definition) is 4. The molecule has 15 nitrogen and oxygen atoms in total. The van der Waals surface area contributed by atoms with Crippen molar-refractivity contribution in [2.24, 2.45) is 17.8 Å². The molecule has 7 atom stereocenters. The summed E-state index contributed by atoms with van der Waals surface area (Å²) in [5.74, 6) is -3.19. The Kier molecular flexibility index (Phi) is 12.0. The largest absolute Gasteiger partial charge is 0.494 e. The number of sulfonamides is 1. The van der Waals surface area contributed by atoms with Crippen LogP contribution in [0.1, 0.15) is 79.6 Å². The van der Waals surface area contributed by atoms with Crippen molar-refractivity contribution in [2.45, 2.75) is 114 Å². The molecular weight excluding hydrogens is 810 g/mol. The third-order valence-electron chi connectivity index (χ3n) is 12.4. The highest BCUT2D eigenvalue weighted by Gasteiger charge is 2.63. The highest BCUT2D eigenvalue weighted by Crippen LogP contribution is 2.48. The van der Waals surface area contributed by atoms with Crippen LogP contribution in [0.25, 0.3) is 22.0 Å². The van der Waals surface area contributed by atoms with Crippen LogP contribution in [-0.2, 0) is 24.4 Å². The standard InChI is InChI=1S/C44H54FN5O10S/c1-24(2)59-30-13-11-27(12-14-30)34-18-28-19-36(58-6)33(45)21-32(28)39(46-34)60-31-20-35-38(51)48-44(41(53)49-61(56,57)43(5)15-16-43)22-29(44)10-8-7-9-25(3)17-26(4)37(47-42(54)55)40(52)50(35)23-31/h8,10-14,18-19,21,24-26,29,31,35,37,47H,7,9,15-17,20,22-23H2,1-6H3,(H,48,51)(H,49,53)(H,54,55)/b10-8-/t25-,26-,29-,31-,35+,37+,44-/m1/s1. The highest BCUT2D eigenvalue weighted by atomic mass is 32.2. The van der Waals surface area contributed by atoms with Crippen LogP contribution in [0.15, 0.2) is 54.6 Å². The van der Waals surface area contributed by atoms with Crippen molar-refractivity contribution in [1.29, 1.82) is 0 Å². The van der Waals surface area contributed by atoms with Crippen molar-refractivity contribution in [3.8, 4) is 28.6 Å². The monoisotopic (exact) mass is 863 g/mol. The summed E-state index contributed by atoms with van der Waals surface area (Å²) < 4.78 is 60.6. The first-order chi connectivity index (χ1) is 28.8. The number of rotatable bonds is 10. The Labute approximate surface area is 354 Å². The fourth-order valence-corrected chi connectivity index (χ4v) is 9.79. The van der Waals surface area contributed by atoms with Gasteiger partial charge >= 0.3 is 6.09 Å². The molecule has 0 radical (unpaired) electrons. The normalized spacial score (nSPS) is 28.0. The number of carboxylic acid groups (broad SMARTS) is 1. The van der Waals surface area contributed by atoms with Crippen LogP contribution in [0.3, 0.4) is 0 Å². The molecule has 1 saturated heterocycles. The molecule has 328 valence electrons. The summed E-state index contributed by atoms with van der Waals surface area (Å²) in [6.45, 7) is 8.99. The molecule has 1 aromatic heterocycles. The van der Waals surface area contributed by atoms with E-state index in [4.69, 9.17) is 19.2 Å². The molecule has 2 aromatic carbocycles. The van der Waals surface area contributed by atoms with Gasteiger partial charge < -0.3 is 34.9 Å². The van der Waals surface area contributed by atoms with E-state index in [2.05, 4.69) is 15.4 Å². The number of halogens is 1. The zero-order chi connectivity index (χ0) is 44.0. The van der Waals surface area contributed by atoms with E-state index in [1.807, 2.05) is 45.1 Å². The maximum Gasteiger partial charge on any atom is 0.405 e. The van der Waals surface area contributed by atoms with Gasteiger partial charge in [0, 0.05) is 23.3 Å². The Bertz CT molecular complexity index is 2350. The van der Waals surface area contributed by atoms with Gasteiger partial charge in [0.15, 0.2) is 11.6 Å². The number of amides is 4. The Morgan fingerprint density at radius 3 is 2.46 bits per heavy atom. The number of ether oxygens (including phenoxy) is 3. The second kappa shape index (κ2) is 16.8. The smallest absolute Gasteiger partial charge is 0.405 e. The van der Waals surface area contributed by atoms with Crippen LogP contribution >= 0.6 is 0 Å². The van der Waals surface area contributed by atoms with E-state index in [0.717, 1.165) is 0 Å². The molecule has 0 bridgehead atoms. The number of aromatic nitrogens is 1. The Morgan fingerprint density at radius 1 is 1.08 bits per heavy atom. The van der Waals surface area contributed by atoms with Crippen molar-refractivity contribution in [1.82, 2.24) is 25.2 Å². The van der Waals surface area contributed by atoms with Crippen LogP contribution in [-0.4, -0.2) is 95.5 Å². The quantitative estimate of drug-likeness (QED) is 0.182. The maximum absolute atomic E-state index is 15.3. The molecule has 3 heterocycles. The minimum atomic E-state index is -4.06. The van der Waals surface area contributed by atoms with Gasteiger partial charge in [-0.15, -0.1) is 0 Å². The summed E-state index contributed by atoms with van der Waals surface area (Å²) in [7, 11) is -2.71. The number of pyridine rings is 1. The van der Waals surface area contributed by atoms with E-state index in [9.17, 15) is 32.7 Å². The van der Waals surface area contributed by atoms with Crippen molar-refractivity contribution in [3.63, 3.8) is 0 Å². The third kappa shape index (κ3) is 9.12. The van der Waals surface area contributed by atoms with Crippen molar-refractivity contribution in [3.05, 3.63) is 60.4 Å². The van der Waals surface area contributed by atoms with Crippen molar-refractivity contribution < 1.29 is 51.3 Å². The molecule has 4 amide bonds. The number of carbonyl (C=O) groups is 4. The number of carbonyl (C=O) groups excluding carboxylic acids is 3. The highest BCUT2D eigenvalue weighted by molar-refractivity contribution is 7.91. The first-order valence-electron chi connectivity index (χ1n) is 20.8. The number of nitrogens with one attached hydrogen (secondary N) is 3. The lowest BCUT2D eigenvalue weighted by atomic mass is 9.88. The summed E-state index contributed by atoms with van der Waals surface area (Å²) in [5.41, 5.74) is -0.450. The van der Waals surface area contributed by atoms with E-state index >= 15 is 4.39 Å². The first kappa shape index (κ1) is 43.6. The predicted octanol–water partition coefficient (Wildman–Crippen LogP) is 5.71. The fraction of sp³-hybridized carbons (Fsp3) is 0.523. The second-order valence-corrected chi connectivity index (χ2v) is 19.8. The second-order valence-electron chi connectivity index (χ2n) is 17.6. The van der Waals surface area contributed by atoms with Gasteiger partial charge in [0.1, 0.15) is 29.5 Å². The molecule has 17 heteroatoms. The van der Waals surface area contributed by atoms with Gasteiger partial charge in [-0.2, -0.15) is 0 Å². The van der Waals surface area contributed by atoms with Gasteiger partial charge in [-0.05, 0) is 119 Å². The Morgan fingerprint density at radius 2 is 1.80 bits per heavy atom. The summed E-state index contributed by atoms with van der Waals surface area (Å²) in [6, 6.07) is 9.26. The molecule has 4 aliphatic rings. The SMILES string of the molecule is COc1cc2cc(-c3ccc(OC(C)C)cc3)nc(O[C@@H]3C[C@H]4C(=O)N[C@]5(C(=O)NS(=O)(=O)C6(C)CC6)C[C@H]5/C=C\CC[C@@H](C)C[C@@H](C)[C@H](NC(=O)O)C(=O)N4C3)c2cc1F. The summed E-state index contributed by atoms with van der Waals surface area (Å²) >= 11 is 0. The Balaban J connectivity index is 1.26. The molecule has 2 saturated carbocycles. The average molecular weight is 864 g/mol. The van der Waals surface area contributed by atoms with Crippen LogP contribution in [0.5, 0.6) is 17.4 Å². The van der Waals surface area contributed by atoms with E-state index in [-0.39, 0.29) is 43.0 Å². The molecular formula is C44H54FN5O10S. The molecule has 3 fully saturated rings. The van der Waals surface area contributed by atoms with Gasteiger partial charge in [-0.25, -0.2) is 22.6 Å². The minimum absolute atomic E-state index is 0.00375.